The number of hydrogen-bond acceptors (Lipinski definition) is 3. The Hall–Kier alpha value is -1.97. The Morgan fingerprint density at radius 2 is 1.45 bits per heavy atom. The van der Waals surface area contributed by atoms with Crippen LogP contribution in [-0.4, -0.2) is 17.2 Å². The lowest BCUT2D eigenvalue weighted by atomic mass is 9.86. The molecular weight excluding hydrogens is 276 g/mol. The molecule has 0 bridgehead atoms. The van der Waals surface area contributed by atoms with Gasteiger partial charge in [-0.1, -0.05) is 60.7 Å². The van der Waals surface area contributed by atoms with Crippen LogP contribution in [0.15, 0.2) is 60.7 Å². The van der Waals surface area contributed by atoms with E-state index in [-0.39, 0.29) is 5.78 Å². The molecular formula is C19H20O3. The molecule has 1 aliphatic rings. The van der Waals surface area contributed by atoms with Crippen molar-refractivity contribution in [1.29, 1.82) is 0 Å². The zero-order valence-electron chi connectivity index (χ0n) is 13.1. The van der Waals surface area contributed by atoms with Crippen LogP contribution in [0.5, 0.6) is 0 Å². The summed E-state index contributed by atoms with van der Waals surface area (Å²) in [6.07, 6.45) is -0.434. The van der Waals surface area contributed by atoms with Crippen LogP contribution in [-0.2, 0) is 9.47 Å². The summed E-state index contributed by atoms with van der Waals surface area (Å²) in [5, 5.41) is 0. The van der Waals surface area contributed by atoms with Gasteiger partial charge in [-0.25, -0.2) is 0 Å². The smallest absolute Gasteiger partial charge is 0.197 e. The third kappa shape index (κ3) is 2.58. The topological polar surface area (TPSA) is 35.5 Å². The van der Waals surface area contributed by atoms with Crippen molar-refractivity contribution >= 4 is 5.78 Å². The van der Waals surface area contributed by atoms with Gasteiger partial charge in [-0.2, -0.15) is 0 Å². The monoisotopic (exact) mass is 296 g/mol. The molecule has 2 unspecified atom stereocenters. The molecule has 0 spiro atoms. The lowest BCUT2D eigenvalue weighted by Crippen LogP contribution is -2.41. The van der Waals surface area contributed by atoms with Gasteiger partial charge in [0, 0.05) is 5.56 Å². The second-order valence-electron chi connectivity index (χ2n) is 6.21. The predicted octanol–water partition coefficient (Wildman–Crippen LogP) is 4.15. The number of benzene rings is 2. The predicted molar refractivity (Wildman–Crippen MR) is 84.6 cm³/mol. The second kappa shape index (κ2) is 5.34. The highest BCUT2D eigenvalue weighted by molar-refractivity contribution is 6.03. The number of carbonyl (C=O) groups is 1. The van der Waals surface area contributed by atoms with E-state index in [4.69, 9.17) is 9.47 Å². The van der Waals surface area contributed by atoms with Gasteiger partial charge in [0.1, 0.15) is 6.10 Å². The Morgan fingerprint density at radius 3 is 2.05 bits per heavy atom. The summed E-state index contributed by atoms with van der Waals surface area (Å²) in [5.74, 6) is -0.868. The normalized spacial score (nSPS) is 26.8. The first-order valence-electron chi connectivity index (χ1n) is 7.45. The Kier molecular flexibility index (Phi) is 3.63. The molecule has 3 rings (SSSR count). The van der Waals surface area contributed by atoms with E-state index in [1.807, 2.05) is 81.4 Å². The van der Waals surface area contributed by atoms with E-state index in [1.165, 1.54) is 0 Å². The van der Waals surface area contributed by atoms with Crippen molar-refractivity contribution < 1.29 is 14.3 Å². The summed E-state index contributed by atoms with van der Waals surface area (Å²) in [4.78, 5) is 13.0. The molecule has 1 saturated heterocycles. The van der Waals surface area contributed by atoms with Gasteiger partial charge in [0.15, 0.2) is 17.2 Å². The van der Waals surface area contributed by atoms with Gasteiger partial charge in [-0.15, -0.1) is 0 Å². The fourth-order valence-corrected chi connectivity index (χ4v) is 3.04. The first kappa shape index (κ1) is 14.9. The van der Waals surface area contributed by atoms with Crippen molar-refractivity contribution in [3.63, 3.8) is 0 Å². The minimum absolute atomic E-state index is 0.0625. The average molecular weight is 296 g/mol. The first-order chi connectivity index (χ1) is 10.4. The molecule has 22 heavy (non-hydrogen) atoms. The summed E-state index contributed by atoms with van der Waals surface area (Å²) in [6.45, 7) is 5.49. The van der Waals surface area contributed by atoms with Crippen LogP contribution in [0.4, 0.5) is 0 Å². The number of ether oxygens (including phenoxy) is 2. The molecule has 114 valence electrons. The van der Waals surface area contributed by atoms with Crippen LogP contribution >= 0.6 is 0 Å². The molecule has 3 heteroatoms. The van der Waals surface area contributed by atoms with Crippen molar-refractivity contribution in [2.45, 2.75) is 38.3 Å². The Labute approximate surface area is 130 Å². The maximum absolute atomic E-state index is 13.0. The van der Waals surface area contributed by atoms with E-state index in [2.05, 4.69) is 0 Å². The summed E-state index contributed by atoms with van der Waals surface area (Å²) >= 11 is 0. The van der Waals surface area contributed by atoms with Gasteiger partial charge in [0.2, 0.25) is 0 Å². The number of carbonyl (C=O) groups excluding carboxylic acids is 1. The van der Waals surface area contributed by atoms with Crippen molar-refractivity contribution in [2.75, 3.05) is 0 Å². The quantitative estimate of drug-likeness (QED) is 0.798. The zero-order valence-corrected chi connectivity index (χ0v) is 13.1. The molecule has 1 fully saturated rings. The maximum Gasteiger partial charge on any atom is 0.197 e. The van der Waals surface area contributed by atoms with Crippen molar-refractivity contribution in [3.05, 3.63) is 71.8 Å². The van der Waals surface area contributed by atoms with Crippen molar-refractivity contribution in [2.24, 2.45) is 0 Å². The maximum atomic E-state index is 13.0. The van der Waals surface area contributed by atoms with E-state index in [9.17, 15) is 4.79 Å². The molecule has 0 aromatic heterocycles. The minimum Gasteiger partial charge on any atom is -0.339 e. The lowest BCUT2D eigenvalue weighted by Gasteiger charge is -2.27. The van der Waals surface area contributed by atoms with Gasteiger partial charge < -0.3 is 9.47 Å². The first-order valence-corrected chi connectivity index (χ1v) is 7.45. The molecule has 0 N–H and O–H groups in total. The van der Waals surface area contributed by atoms with E-state index in [0.717, 1.165) is 5.56 Å². The van der Waals surface area contributed by atoms with E-state index in [1.54, 1.807) is 0 Å². The summed E-state index contributed by atoms with van der Waals surface area (Å²) in [5.41, 5.74) is 0.527. The molecule has 2 aromatic carbocycles. The molecule has 0 aliphatic carbocycles. The van der Waals surface area contributed by atoms with E-state index >= 15 is 0 Å². The Morgan fingerprint density at radius 1 is 0.909 bits per heavy atom. The minimum atomic E-state index is -1.05. The highest BCUT2D eigenvalue weighted by Crippen LogP contribution is 2.46. The van der Waals surface area contributed by atoms with E-state index in [0.29, 0.717) is 5.56 Å². The number of hydrogen-bond donors (Lipinski definition) is 0. The molecule has 0 radical (unpaired) electrons. The van der Waals surface area contributed by atoms with Crippen molar-refractivity contribution in [3.8, 4) is 0 Å². The van der Waals surface area contributed by atoms with Crippen LogP contribution in [0.2, 0.25) is 0 Å². The Balaban J connectivity index is 2.03. The lowest BCUT2D eigenvalue weighted by molar-refractivity contribution is -0.153. The second-order valence-corrected chi connectivity index (χ2v) is 6.21. The van der Waals surface area contributed by atoms with Crippen molar-refractivity contribution in [1.82, 2.24) is 0 Å². The summed E-state index contributed by atoms with van der Waals surface area (Å²) < 4.78 is 12.1. The zero-order chi connectivity index (χ0) is 15.8. The molecule has 0 amide bonds. The molecule has 2 aromatic rings. The standard InChI is InChI=1S/C19H20O3/c1-18(2)21-17(15-12-8-5-9-13-15)19(3,22-18)16(20)14-10-6-4-7-11-14/h4-13,17H,1-3H3. The van der Waals surface area contributed by atoms with Gasteiger partial charge >= 0.3 is 0 Å². The molecule has 3 nitrogen and oxygen atoms in total. The number of rotatable bonds is 3. The average Bonchev–Trinajstić information content (AvgIpc) is 2.79. The molecule has 2 atom stereocenters. The third-order valence-electron chi connectivity index (χ3n) is 3.95. The fourth-order valence-electron chi connectivity index (χ4n) is 3.04. The SMILES string of the molecule is CC1(C)OC(c2ccccc2)C(C)(C(=O)c2ccccc2)O1. The number of ketones is 1. The largest absolute Gasteiger partial charge is 0.339 e. The molecule has 0 saturated carbocycles. The van der Waals surface area contributed by atoms with Crippen LogP contribution in [0.1, 0.15) is 42.8 Å². The molecule has 1 heterocycles. The Bertz CT molecular complexity index is 664. The highest BCUT2D eigenvalue weighted by Gasteiger charge is 2.55. The van der Waals surface area contributed by atoms with Crippen LogP contribution in [0, 0.1) is 0 Å². The van der Waals surface area contributed by atoms with Gasteiger partial charge in [-0.05, 0) is 26.3 Å². The van der Waals surface area contributed by atoms with Gasteiger partial charge in [-0.3, -0.25) is 4.79 Å². The van der Waals surface area contributed by atoms with Crippen LogP contribution in [0.3, 0.4) is 0 Å². The fraction of sp³-hybridized carbons (Fsp3) is 0.316. The molecule has 1 aliphatic heterocycles. The van der Waals surface area contributed by atoms with Gasteiger partial charge in [0.05, 0.1) is 0 Å². The third-order valence-corrected chi connectivity index (χ3v) is 3.95. The van der Waals surface area contributed by atoms with Crippen LogP contribution < -0.4 is 0 Å². The summed E-state index contributed by atoms with van der Waals surface area (Å²) in [7, 11) is 0. The summed E-state index contributed by atoms with van der Waals surface area (Å²) in [6, 6.07) is 19.0. The highest BCUT2D eigenvalue weighted by atomic mass is 16.8. The van der Waals surface area contributed by atoms with Crippen LogP contribution in [0.25, 0.3) is 0 Å². The van der Waals surface area contributed by atoms with Gasteiger partial charge in [0.25, 0.3) is 0 Å². The van der Waals surface area contributed by atoms with E-state index < -0.39 is 17.5 Å². The number of Topliss-reactive ketones (excluding diaryl/α,β-unsaturated/α-hetero) is 1.